The minimum atomic E-state index is -1.31. The van der Waals surface area contributed by atoms with Gasteiger partial charge in [-0.05, 0) is 52.1 Å². The van der Waals surface area contributed by atoms with Crippen LogP contribution in [0.3, 0.4) is 0 Å². The van der Waals surface area contributed by atoms with Crippen molar-refractivity contribution in [1.82, 2.24) is 29.4 Å². The fourth-order valence-corrected chi connectivity index (χ4v) is 7.69. The molecule has 2 fully saturated rings. The second-order valence-electron chi connectivity index (χ2n) is 14.7. The van der Waals surface area contributed by atoms with Gasteiger partial charge in [0.05, 0.1) is 41.3 Å². The Morgan fingerprint density at radius 2 is 1.91 bits per heavy atom. The summed E-state index contributed by atoms with van der Waals surface area (Å²) in [4.78, 5) is 43.4. The molecular weight excluding hydrogens is 638 g/mol. The molecule has 0 unspecified atom stereocenters. The van der Waals surface area contributed by atoms with Crippen LogP contribution < -0.4 is 20.5 Å². The van der Waals surface area contributed by atoms with E-state index in [1.165, 1.54) is 7.11 Å². The first kappa shape index (κ1) is 33.2. The van der Waals surface area contributed by atoms with Crippen molar-refractivity contribution < 1.29 is 19.0 Å². The van der Waals surface area contributed by atoms with Crippen molar-refractivity contribution in [2.45, 2.75) is 96.2 Å². The van der Waals surface area contributed by atoms with Crippen LogP contribution >= 0.6 is 11.6 Å². The first-order chi connectivity index (χ1) is 22.1. The number of aromatic nitrogens is 5. The number of halogens is 1. The van der Waals surface area contributed by atoms with E-state index in [4.69, 9.17) is 30.8 Å². The van der Waals surface area contributed by atoms with Crippen molar-refractivity contribution in [3.63, 3.8) is 0 Å². The number of hydrogen-bond donors (Lipinski definition) is 1. The molecule has 2 saturated heterocycles. The van der Waals surface area contributed by atoms with Crippen LogP contribution in [0.2, 0.25) is 30.7 Å². The van der Waals surface area contributed by atoms with Crippen LogP contribution in [0, 0.1) is 0 Å². The Balaban J connectivity index is 1.43. The molecule has 3 aromatic heterocycles. The van der Waals surface area contributed by atoms with Crippen LogP contribution in [-0.2, 0) is 23.3 Å². The van der Waals surface area contributed by atoms with E-state index in [1.807, 2.05) is 43.7 Å². The molecule has 252 valence electrons. The number of fused-ring (bicyclic) bond motifs is 4. The van der Waals surface area contributed by atoms with Gasteiger partial charge in [-0.1, -0.05) is 37.3 Å². The molecule has 2 bridgehead atoms. The third-order valence-electron chi connectivity index (χ3n) is 8.90. The molecule has 2 aliphatic heterocycles. The van der Waals surface area contributed by atoms with Gasteiger partial charge in [-0.15, -0.1) is 0 Å². The Morgan fingerprint density at radius 1 is 1.15 bits per heavy atom. The number of anilines is 1. The topological polar surface area (TPSA) is 126 Å². The number of nitrogens with one attached hydrogen (secondary N) is 1. The second-order valence-corrected chi connectivity index (χ2v) is 20.7. The molecule has 6 rings (SSSR count). The number of carbonyl (C=O) groups excluding carboxylic acids is 1. The largest absolute Gasteiger partial charge is 0.480 e. The summed E-state index contributed by atoms with van der Waals surface area (Å²) in [5, 5.41) is 3.89. The average Bonchev–Trinajstić information content (AvgIpc) is 3.66. The lowest BCUT2D eigenvalue weighted by Gasteiger charge is -2.28. The van der Waals surface area contributed by atoms with Crippen molar-refractivity contribution in [2.24, 2.45) is 7.05 Å². The van der Waals surface area contributed by atoms with Crippen LogP contribution in [-0.4, -0.2) is 75.7 Å². The van der Waals surface area contributed by atoms with Crippen LogP contribution in [0.4, 0.5) is 10.7 Å². The first-order valence-electron chi connectivity index (χ1n) is 16.1. The van der Waals surface area contributed by atoms with Gasteiger partial charge >= 0.3 is 6.09 Å². The van der Waals surface area contributed by atoms with E-state index >= 15 is 0 Å². The molecule has 4 aromatic rings. The summed E-state index contributed by atoms with van der Waals surface area (Å²) in [6, 6.07) is 4.72. The number of nitrogens with zero attached hydrogens (tertiary/aromatic N) is 6. The second kappa shape index (κ2) is 12.4. The maximum absolute atomic E-state index is 14.4. The number of ether oxygens (including phenoxy) is 3. The van der Waals surface area contributed by atoms with Gasteiger partial charge in [0.25, 0.3) is 5.56 Å². The number of hydrogen-bond acceptors (Lipinski definition) is 9. The van der Waals surface area contributed by atoms with Crippen LogP contribution in [0.5, 0.6) is 5.88 Å². The maximum atomic E-state index is 14.4. The highest BCUT2D eigenvalue weighted by Gasteiger charge is 2.49. The SMILES string of the molecule is COc1cnc2ccc(-c3cn(COCC[Si](C)(C)C)c4nc(N5[C@H]6CC[C@@H]5[C@H](NC(=O)OC(C)(C)C)C6)n(C)c(=O)c34)c(Cl)c2n1. The van der Waals surface area contributed by atoms with Gasteiger partial charge in [0.15, 0.2) is 5.65 Å². The highest BCUT2D eigenvalue weighted by Crippen LogP contribution is 2.42. The highest BCUT2D eigenvalue weighted by molar-refractivity contribution is 6.76. The fraction of sp³-hybridized carbons (Fsp3) is 0.545. The molecule has 2 aliphatic rings. The predicted octanol–water partition coefficient (Wildman–Crippen LogP) is 5.95. The van der Waals surface area contributed by atoms with E-state index in [1.54, 1.807) is 17.8 Å². The van der Waals surface area contributed by atoms with Crippen molar-refractivity contribution >= 4 is 53.8 Å². The molecule has 1 amide bonds. The summed E-state index contributed by atoms with van der Waals surface area (Å²) in [5.41, 5.74) is 2.10. The number of methoxy groups -OCH3 is 1. The third kappa shape index (κ3) is 6.57. The Morgan fingerprint density at radius 3 is 2.62 bits per heavy atom. The Kier molecular flexibility index (Phi) is 8.77. The number of rotatable bonds is 9. The predicted molar refractivity (Wildman–Crippen MR) is 186 cm³/mol. The number of benzene rings is 1. The van der Waals surface area contributed by atoms with Gasteiger partial charge in [-0.25, -0.2) is 14.8 Å². The fourth-order valence-electron chi connectivity index (χ4n) is 6.63. The Labute approximate surface area is 280 Å². The van der Waals surface area contributed by atoms with Gasteiger partial charge in [0.2, 0.25) is 11.8 Å². The van der Waals surface area contributed by atoms with E-state index in [9.17, 15) is 9.59 Å². The summed E-state index contributed by atoms with van der Waals surface area (Å²) >= 11 is 6.99. The van der Waals surface area contributed by atoms with Crippen LogP contribution in [0.1, 0.15) is 40.0 Å². The van der Waals surface area contributed by atoms with Gasteiger partial charge < -0.3 is 29.0 Å². The maximum Gasteiger partial charge on any atom is 0.407 e. The molecule has 3 atom stereocenters. The molecule has 0 radical (unpaired) electrons. The van der Waals surface area contributed by atoms with Crippen molar-refractivity contribution in [1.29, 1.82) is 0 Å². The molecule has 0 aliphatic carbocycles. The lowest BCUT2D eigenvalue weighted by atomic mass is 9.96. The lowest BCUT2D eigenvalue weighted by molar-refractivity contribution is 0.0497. The molecule has 1 N–H and O–H groups in total. The van der Waals surface area contributed by atoms with Gasteiger partial charge in [0, 0.05) is 45.1 Å². The zero-order chi connectivity index (χ0) is 33.8. The quantitative estimate of drug-likeness (QED) is 0.168. The van der Waals surface area contributed by atoms with E-state index < -0.39 is 19.8 Å². The minimum Gasteiger partial charge on any atom is -0.480 e. The molecular formula is C33H44ClN7O5Si. The number of amides is 1. The molecule has 1 aromatic carbocycles. The van der Waals surface area contributed by atoms with E-state index in [-0.39, 0.29) is 30.4 Å². The monoisotopic (exact) mass is 681 g/mol. The summed E-state index contributed by atoms with van der Waals surface area (Å²) in [6.45, 7) is 13.3. The molecule has 5 heterocycles. The van der Waals surface area contributed by atoms with Crippen molar-refractivity contribution in [3.05, 3.63) is 39.9 Å². The lowest BCUT2D eigenvalue weighted by Crippen LogP contribution is -2.46. The molecule has 14 heteroatoms. The molecule has 12 nitrogen and oxygen atoms in total. The summed E-state index contributed by atoms with van der Waals surface area (Å²) in [6.07, 6.45) is 5.58. The highest BCUT2D eigenvalue weighted by atomic mass is 35.5. The zero-order valence-corrected chi connectivity index (χ0v) is 30.1. The summed E-state index contributed by atoms with van der Waals surface area (Å²) in [7, 11) is 1.97. The van der Waals surface area contributed by atoms with E-state index in [0.717, 1.165) is 25.3 Å². The summed E-state index contributed by atoms with van der Waals surface area (Å²) < 4.78 is 20.5. The van der Waals surface area contributed by atoms with E-state index in [0.29, 0.717) is 56.7 Å². The minimum absolute atomic E-state index is 0.0116. The first-order valence-corrected chi connectivity index (χ1v) is 20.2. The standard InChI is InChI=1S/C33H44ClN7O5Si/c1-33(2,3)46-32(43)36-23-15-19-9-12-24(23)41(19)31-38-29-26(30(42)39(31)4)21(17-40(29)18-45-13-14-47(6,7)8)20-10-11-22-28(27(20)34)37-25(44-5)16-35-22/h10-11,16-17,19,23-24H,9,12-15,18H2,1-8H3,(H,36,43)/t19-,23+,24+/m0/s1. The van der Waals surface area contributed by atoms with Crippen LogP contribution in [0.25, 0.3) is 33.2 Å². The summed E-state index contributed by atoms with van der Waals surface area (Å²) in [5.74, 6) is 0.911. The third-order valence-corrected chi connectivity index (χ3v) is 11.0. The van der Waals surface area contributed by atoms with Gasteiger partial charge in [-0.2, -0.15) is 4.98 Å². The normalized spacial score (nSPS) is 19.6. The van der Waals surface area contributed by atoms with Crippen molar-refractivity contribution in [2.75, 3.05) is 18.6 Å². The van der Waals surface area contributed by atoms with Crippen LogP contribution in [0.15, 0.2) is 29.3 Å². The van der Waals surface area contributed by atoms with E-state index in [2.05, 4.69) is 39.8 Å². The van der Waals surface area contributed by atoms with Gasteiger partial charge in [-0.3, -0.25) is 9.36 Å². The number of alkyl carbamates (subject to hydrolysis) is 1. The van der Waals surface area contributed by atoms with Gasteiger partial charge in [0.1, 0.15) is 17.8 Å². The Bertz CT molecular complexity index is 1900. The number of carbonyl (C=O) groups is 1. The zero-order valence-electron chi connectivity index (χ0n) is 28.4. The smallest absolute Gasteiger partial charge is 0.407 e. The average molecular weight is 682 g/mol. The molecule has 0 saturated carbocycles. The molecule has 0 spiro atoms. The Hall–Kier alpha value is -3.68. The van der Waals surface area contributed by atoms with Crippen molar-refractivity contribution in [3.8, 4) is 17.0 Å². The molecule has 47 heavy (non-hydrogen) atoms.